The molecule has 1 aromatic carbocycles. The van der Waals surface area contributed by atoms with Crippen molar-refractivity contribution in [2.24, 2.45) is 5.10 Å². The lowest BCUT2D eigenvalue weighted by Gasteiger charge is -2.19. The van der Waals surface area contributed by atoms with Gasteiger partial charge in [0.25, 0.3) is 5.91 Å². The van der Waals surface area contributed by atoms with Crippen LogP contribution in [0.4, 0.5) is 9.59 Å². The van der Waals surface area contributed by atoms with Crippen LogP contribution in [-0.4, -0.2) is 53.1 Å². The second kappa shape index (κ2) is 6.35. The molecule has 0 spiro atoms. The van der Waals surface area contributed by atoms with Gasteiger partial charge in [0.05, 0.1) is 6.21 Å². The number of hydrogen-bond acceptors (Lipinski definition) is 5. The molecule has 24 heavy (non-hydrogen) atoms. The molecule has 2 atom stereocenters. The van der Waals surface area contributed by atoms with Crippen LogP contribution in [-0.2, 0) is 4.79 Å². The molecule has 126 valence electrons. The highest BCUT2D eigenvalue weighted by atomic mass is 79.9. The monoisotopic (exact) mass is 396 g/mol. The number of hydrazone groups is 1. The molecular weight excluding hydrogens is 384 g/mol. The lowest BCUT2D eigenvalue weighted by atomic mass is 10.2. The van der Waals surface area contributed by atoms with E-state index in [1.165, 1.54) is 17.2 Å². The largest absolute Gasteiger partial charge is 0.507 e. The minimum Gasteiger partial charge on any atom is -0.507 e. The van der Waals surface area contributed by atoms with Gasteiger partial charge >= 0.3 is 12.1 Å². The molecule has 3 rings (SSSR count). The lowest BCUT2D eigenvalue weighted by molar-refractivity contribution is -0.121. The number of benzene rings is 1. The smallest absolute Gasteiger partial charge is 0.321 e. The molecule has 1 aromatic rings. The maximum absolute atomic E-state index is 11.9. The second-order valence-electron chi connectivity index (χ2n) is 5.11. The zero-order valence-corrected chi connectivity index (χ0v) is 13.7. The van der Waals surface area contributed by atoms with E-state index in [2.05, 4.69) is 42.4 Å². The molecule has 0 radical (unpaired) electrons. The third kappa shape index (κ3) is 3.25. The first kappa shape index (κ1) is 16.1. The van der Waals surface area contributed by atoms with Gasteiger partial charge in [0, 0.05) is 10.0 Å². The van der Waals surface area contributed by atoms with Crippen LogP contribution in [0, 0.1) is 0 Å². The van der Waals surface area contributed by atoms with Crippen molar-refractivity contribution < 1.29 is 19.5 Å². The molecule has 2 heterocycles. The molecular formula is C13H13BrN6O4. The standard InChI is InChI=1S/C13H13BrN6O4/c14-7-1-2-8(21)6(3-7)4-15-19-9(22)5-20-11-10(17-13(20)24)16-12(23)18-11/h1-4,10-11,21H,5H2,(H,17,24)(H,19,22)(H2,16,18,23)/b15-4+. The Labute approximate surface area is 144 Å². The fraction of sp³-hybridized carbons (Fsp3) is 0.231. The van der Waals surface area contributed by atoms with Crippen molar-refractivity contribution in [2.75, 3.05) is 6.54 Å². The fourth-order valence-corrected chi connectivity index (χ4v) is 2.74. The first-order valence-corrected chi connectivity index (χ1v) is 7.68. The van der Waals surface area contributed by atoms with Gasteiger partial charge in [-0.2, -0.15) is 5.10 Å². The molecule has 0 saturated carbocycles. The van der Waals surface area contributed by atoms with Crippen molar-refractivity contribution >= 4 is 40.1 Å². The van der Waals surface area contributed by atoms with Crippen LogP contribution in [0.15, 0.2) is 27.8 Å². The predicted octanol–water partition coefficient (Wildman–Crippen LogP) is -0.405. The summed E-state index contributed by atoms with van der Waals surface area (Å²) in [4.78, 5) is 36.1. The minimum atomic E-state index is -0.631. The molecule has 0 bridgehead atoms. The van der Waals surface area contributed by atoms with Crippen LogP contribution in [0.25, 0.3) is 0 Å². The number of nitrogens with one attached hydrogen (secondary N) is 4. The average Bonchev–Trinajstić information content (AvgIpc) is 3.00. The molecule has 2 unspecified atom stereocenters. The van der Waals surface area contributed by atoms with Gasteiger partial charge in [-0.05, 0) is 18.2 Å². The molecule has 2 saturated heterocycles. The Bertz CT molecular complexity index is 739. The van der Waals surface area contributed by atoms with E-state index in [0.717, 1.165) is 4.47 Å². The van der Waals surface area contributed by atoms with Crippen molar-refractivity contribution in [3.05, 3.63) is 28.2 Å². The van der Waals surface area contributed by atoms with Gasteiger partial charge in [0.1, 0.15) is 24.6 Å². The fourth-order valence-electron chi connectivity index (χ4n) is 2.36. The number of phenolic OH excluding ortho intramolecular Hbond substituents is 1. The quantitative estimate of drug-likeness (QED) is 0.349. The Hall–Kier alpha value is -2.82. The topological polar surface area (TPSA) is 135 Å². The van der Waals surface area contributed by atoms with Gasteiger partial charge in [0.2, 0.25) is 0 Å². The van der Waals surface area contributed by atoms with Crippen molar-refractivity contribution in [2.45, 2.75) is 12.3 Å². The average molecular weight is 397 g/mol. The highest BCUT2D eigenvalue weighted by Crippen LogP contribution is 2.20. The number of aromatic hydroxyl groups is 1. The van der Waals surface area contributed by atoms with Crippen LogP contribution < -0.4 is 21.4 Å². The van der Waals surface area contributed by atoms with E-state index < -0.39 is 30.3 Å². The summed E-state index contributed by atoms with van der Waals surface area (Å²) in [5.41, 5.74) is 2.68. The number of phenols is 1. The highest BCUT2D eigenvalue weighted by Gasteiger charge is 2.45. The lowest BCUT2D eigenvalue weighted by Crippen LogP contribution is -2.47. The van der Waals surface area contributed by atoms with E-state index in [0.29, 0.717) is 5.56 Å². The van der Waals surface area contributed by atoms with Crippen LogP contribution in [0.1, 0.15) is 5.56 Å². The summed E-state index contributed by atoms with van der Waals surface area (Å²) >= 11 is 3.26. The normalized spacial score (nSPS) is 22.1. The third-order valence-electron chi connectivity index (χ3n) is 3.45. The van der Waals surface area contributed by atoms with E-state index in [4.69, 9.17) is 0 Å². The van der Waals surface area contributed by atoms with E-state index in [9.17, 15) is 19.5 Å². The number of halogens is 1. The van der Waals surface area contributed by atoms with Gasteiger partial charge in [-0.3, -0.25) is 9.69 Å². The number of carbonyl (C=O) groups is 3. The Morgan fingerprint density at radius 3 is 2.96 bits per heavy atom. The molecule has 2 fully saturated rings. The summed E-state index contributed by atoms with van der Waals surface area (Å²) in [7, 11) is 0. The Kier molecular flexibility index (Phi) is 4.25. The number of fused-ring (bicyclic) bond motifs is 1. The number of urea groups is 2. The minimum absolute atomic E-state index is 0.0118. The first-order chi connectivity index (χ1) is 11.4. The zero-order chi connectivity index (χ0) is 17.3. The maximum Gasteiger partial charge on any atom is 0.321 e. The van der Waals surface area contributed by atoms with Gasteiger partial charge in [-0.1, -0.05) is 15.9 Å². The summed E-state index contributed by atoms with van der Waals surface area (Å²) in [5.74, 6) is -0.532. The molecule has 2 aliphatic rings. The van der Waals surface area contributed by atoms with E-state index in [-0.39, 0.29) is 12.3 Å². The van der Waals surface area contributed by atoms with Gasteiger partial charge in [-0.15, -0.1) is 0 Å². The van der Waals surface area contributed by atoms with Crippen LogP contribution >= 0.6 is 15.9 Å². The van der Waals surface area contributed by atoms with Gasteiger partial charge < -0.3 is 21.1 Å². The zero-order valence-electron chi connectivity index (χ0n) is 12.1. The summed E-state index contributed by atoms with van der Waals surface area (Å²) in [6.45, 7) is -0.281. The summed E-state index contributed by atoms with van der Waals surface area (Å²) < 4.78 is 0.748. The van der Waals surface area contributed by atoms with Crippen LogP contribution in [0.2, 0.25) is 0 Å². The van der Waals surface area contributed by atoms with Gasteiger partial charge in [-0.25, -0.2) is 15.0 Å². The predicted molar refractivity (Wildman–Crippen MR) is 86.0 cm³/mol. The van der Waals surface area contributed by atoms with E-state index in [1.54, 1.807) is 12.1 Å². The summed E-state index contributed by atoms with van der Waals surface area (Å²) in [5, 5.41) is 21.0. The highest BCUT2D eigenvalue weighted by molar-refractivity contribution is 9.10. The molecule has 2 aliphatic heterocycles. The number of carbonyl (C=O) groups excluding carboxylic acids is 3. The Morgan fingerprint density at radius 2 is 2.17 bits per heavy atom. The summed E-state index contributed by atoms with van der Waals surface area (Å²) in [6, 6.07) is 3.89. The van der Waals surface area contributed by atoms with Crippen LogP contribution in [0.3, 0.4) is 0 Å². The number of hydrogen-bond donors (Lipinski definition) is 5. The van der Waals surface area contributed by atoms with E-state index >= 15 is 0 Å². The number of rotatable bonds is 4. The molecule has 5 amide bonds. The van der Waals surface area contributed by atoms with Crippen molar-refractivity contribution in [1.29, 1.82) is 0 Å². The van der Waals surface area contributed by atoms with Crippen molar-refractivity contribution in [3.8, 4) is 5.75 Å². The van der Waals surface area contributed by atoms with Gasteiger partial charge in [0.15, 0.2) is 0 Å². The molecule has 5 N–H and O–H groups in total. The Morgan fingerprint density at radius 1 is 1.38 bits per heavy atom. The maximum atomic E-state index is 11.9. The first-order valence-electron chi connectivity index (χ1n) is 6.88. The molecule has 0 aromatic heterocycles. The molecule has 10 nitrogen and oxygen atoms in total. The van der Waals surface area contributed by atoms with Crippen molar-refractivity contribution in [3.63, 3.8) is 0 Å². The molecule has 0 aliphatic carbocycles. The number of nitrogens with zero attached hydrogens (tertiary/aromatic N) is 2. The molecule has 11 heteroatoms. The van der Waals surface area contributed by atoms with E-state index in [1.807, 2.05) is 0 Å². The number of amides is 5. The Balaban J connectivity index is 1.58. The van der Waals surface area contributed by atoms with Crippen LogP contribution in [0.5, 0.6) is 5.75 Å². The van der Waals surface area contributed by atoms with Crippen molar-refractivity contribution in [1.82, 2.24) is 26.3 Å². The third-order valence-corrected chi connectivity index (χ3v) is 3.95. The SMILES string of the molecule is O=C(CN1C(=O)NC2NC(=O)NC21)N/N=C/c1cc(Br)ccc1O. The second-order valence-corrected chi connectivity index (χ2v) is 6.03. The summed E-state index contributed by atoms with van der Waals surface area (Å²) in [6.07, 6.45) is 0.0813.